The topological polar surface area (TPSA) is 51.5 Å². The number of ether oxygens (including phenoxy) is 1. The molecule has 0 radical (unpaired) electrons. The molecule has 21 heavy (non-hydrogen) atoms. The largest absolute Gasteiger partial charge is 0.440 e. The van der Waals surface area contributed by atoms with Crippen LogP contribution in [0.15, 0.2) is 40.8 Å². The molecule has 2 rings (SSSR count). The second-order valence-corrected chi connectivity index (χ2v) is 4.59. The van der Waals surface area contributed by atoms with Crippen molar-refractivity contribution in [1.29, 1.82) is 0 Å². The molecule has 0 unspecified atom stereocenters. The Morgan fingerprint density at radius 1 is 1.29 bits per heavy atom. The van der Waals surface area contributed by atoms with Crippen molar-refractivity contribution in [1.82, 2.24) is 5.32 Å². The van der Waals surface area contributed by atoms with Gasteiger partial charge in [-0.3, -0.25) is 4.79 Å². The van der Waals surface area contributed by atoms with Gasteiger partial charge < -0.3 is 14.5 Å². The first-order valence-corrected chi connectivity index (χ1v) is 6.45. The predicted molar refractivity (Wildman–Crippen MR) is 72.7 cm³/mol. The molecule has 4 nitrogen and oxygen atoms in total. The van der Waals surface area contributed by atoms with E-state index in [1.807, 2.05) is 0 Å². The minimum atomic E-state index is -2.93. The fourth-order valence-electron chi connectivity index (χ4n) is 1.82. The van der Waals surface area contributed by atoms with E-state index in [9.17, 15) is 13.6 Å². The number of alkyl halides is 2. The lowest BCUT2D eigenvalue weighted by Crippen LogP contribution is -2.26. The van der Waals surface area contributed by atoms with Crippen LogP contribution in [0.2, 0.25) is 5.22 Å². The van der Waals surface area contributed by atoms with Gasteiger partial charge in [-0.1, -0.05) is 18.2 Å². The van der Waals surface area contributed by atoms with Crippen molar-refractivity contribution in [3.8, 4) is 5.75 Å². The van der Waals surface area contributed by atoms with Crippen molar-refractivity contribution in [3.05, 3.63) is 52.9 Å². The number of amides is 1. The van der Waals surface area contributed by atoms with Crippen molar-refractivity contribution >= 4 is 17.5 Å². The quantitative estimate of drug-likeness (QED) is 0.906. The molecule has 0 saturated carbocycles. The SMILES string of the molecule is C[C@@H](NC(=O)c1ccc(Cl)o1)c1ccccc1OC(F)F. The molecule has 0 aliphatic rings. The summed E-state index contributed by atoms with van der Waals surface area (Å²) < 4.78 is 34.1. The molecule has 1 N–H and O–H groups in total. The van der Waals surface area contributed by atoms with Gasteiger partial charge in [0, 0.05) is 5.56 Å². The smallest absolute Gasteiger partial charge is 0.387 e. The molecular formula is C14H12ClF2NO3. The van der Waals surface area contributed by atoms with Crippen molar-refractivity contribution in [3.63, 3.8) is 0 Å². The number of carbonyl (C=O) groups excluding carboxylic acids is 1. The monoisotopic (exact) mass is 315 g/mol. The van der Waals surface area contributed by atoms with Crippen molar-refractivity contribution < 1.29 is 22.7 Å². The van der Waals surface area contributed by atoms with E-state index in [2.05, 4.69) is 10.1 Å². The number of furan rings is 1. The van der Waals surface area contributed by atoms with E-state index in [0.717, 1.165) is 0 Å². The molecule has 0 spiro atoms. The number of carbonyl (C=O) groups is 1. The average Bonchev–Trinajstić information content (AvgIpc) is 2.85. The summed E-state index contributed by atoms with van der Waals surface area (Å²) in [4.78, 5) is 11.9. The Hall–Kier alpha value is -2.08. The molecule has 2 aromatic rings. The van der Waals surface area contributed by atoms with Crippen LogP contribution in [0.3, 0.4) is 0 Å². The summed E-state index contributed by atoms with van der Waals surface area (Å²) in [5.41, 5.74) is 0.434. The minimum Gasteiger partial charge on any atom is -0.440 e. The molecule has 0 aliphatic heterocycles. The summed E-state index contributed by atoms with van der Waals surface area (Å²) in [6.45, 7) is -1.28. The van der Waals surface area contributed by atoms with Gasteiger partial charge in [-0.15, -0.1) is 0 Å². The zero-order valence-electron chi connectivity index (χ0n) is 11.0. The number of hydrogen-bond acceptors (Lipinski definition) is 3. The van der Waals surface area contributed by atoms with E-state index in [4.69, 9.17) is 16.0 Å². The van der Waals surface area contributed by atoms with Crippen LogP contribution in [0.4, 0.5) is 8.78 Å². The molecule has 0 bridgehead atoms. The van der Waals surface area contributed by atoms with Gasteiger partial charge >= 0.3 is 6.61 Å². The van der Waals surface area contributed by atoms with Gasteiger partial charge in [0.15, 0.2) is 11.0 Å². The maximum absolute atomic E-state index is 12.4. The molecule has 7 heteroatoms. The molecule has 1 heterocycles. The van der Waals surface area contributed by atoms with Crippen LogP contribution < -0.4 is 10.1 Å². The summed E-state index contributed by atoms with van der Waals surface area (Å²) in [5.74, 6) is -0.446. The highest BCUT2D eigenvalue weighted by atomic mass is 35.5. The Balaban J connectivity index is 2.13. The number of halogens is 3. The first kappa shape index (κ1) is 15.3. The summed E-state index contributed by atoms with van der Waals surface area (Å²) in [5, 5.41) is 2.72. The van der Waals surface area contributed by atoms with E-state index in [1.165, 1.54) is 18.2 Å². The number of benzene rings is 1. The number of nitrogens with one attached hydrogen (secondary N) is 1. The van der Waals surface area contributed by atoms with E-state index in [0.29, 0.717) is 5.56 Å². The normalized spacial score (nSPS) is 12.2. The Kier molecular flexibility index (Phi) is 4.80. The molecule has 0 aliphatic carbocycles. The summed E-state index contributed by atoms with van der Waals surface area (Å²) >= 11 is 5.59. The number of hydrogen-bond donors (Lipinski definition) is 1. The highest BCUT2D eigenvalue weighted by Crippen LogP contribution is 2.26. The molecule has 112 valence electrons. The Morgan fingerprint density at radius 3 is 2.62 bits per heavy atom. The third-order valence-electron chi connectivity index (χ3n) is 2.75. The second-order valence-electron chi connectivity index (χ2n) is 4.22. The van der Waals surface area contributed by atoms with E-state index < -0.39 is 18.6 Å². The first-order chi connectivity index (χ1) is 9.97. The zero-order chi connectivity index (χ0) is 15.4. The Labute approximate surface area is 124 Å². The molecule has 1 amide bonds. The van der Waals surface area contributed by atoms with Gasteiger partial charge in [-0.25, -0.2) is 0 Å². The lowest BCUT2D eigenvalue weighted by atomic mass is 10.1. The first-order valence-electron chi connectivity index (χ1n) is 6.07. The van der Waals surface area contributed by atoms with Crippen LogP contribution >= 0.6 is 11.6 Å². The molecule has 1 aromatic heterocycles. The molecule has 1 atom stereocenters. The Bertz CT molecular complexity index is 630. The van der Waals surface area contributed by atoms with Crippen LogP contribution in [-0.4, -0.2) is 12.5 Å². The summed E-state index contributed by atoms with van der Waals surface area (Å²) in [7, 11) is 0. The van der Waals surface area contributed by atoms with Gasteiger partial charge in [0.05, 0.1) is 6.04 Å². The minimum absolute atomic E-state index is 0.0118. The van der Waals surface area contributed by atoms with Crippen LogP contribution in [0.25, 0.3) is 0 Å². The van der Waals surface area contributed by atoms with Gasteiger partial charge in [-0.2, -0.15) is 8.78 Å². The second kappa shape index (κ2) is 6.58. The highest BCUT2D eigenvalue weighted by molar-refractivity contribution is 6.29. The summed E-state index contributed by atoms with van der Waals surface area (Å²) in [6, 6.07) is 8.56. The van der Waals surface area contributed by atoms with E-state index >= 15 is 0 Å². The Morgan fingerprint density at radius 2 is 2.00 bits per heavy atom. The van der Waals surface area contributed by atoms with Gasteiger partial charge in [0.2, 0.25) is 0 Å². The van der Waals surface area contributed by atoms with Gasteiger partial charge in [0.1, 0.15) is 5.75 Å². The standard InChI is InChI=1S/C14H12ClF2NO3/c1-8(18-13(19)11-6-7-12(15)20-11)9-4-2-3-5-10(9)21-14(16)17/h2-8,14H,1H3,(H,18,19)/t8-/m1/s1. The van der Waals surface area contributed by atoms with Crippen molar-refractivity contribution in [2.45, 2.75) is 19.6 Å². The average molecular weight is 316 g/mol. The van der Waals surface area contributed by atoms with Crippen molar-refractivity contribution in [2.24, 2.45) is 0 Å². The van der Waals surface area contributed by atoms with Crippen LogP contribution in [0, 0.1) is 0 Å². The van der Waals surface area contributed by atoms with Crippen molar-refractivity contribution in [2.75, 3.05) is 0 Å². The van der Waals surface area contributed by atoms with Crippen LogP contribution in [0.5, 0.6) is 5.75 Å². The predicted octanol–water partition coefficient (Wildman–Crippen LogP) is 4.03. The molecular weight excluding hydrogens is 304 g/mol. The van der Waals surface area contributed by atoms with Crippen LogP contribution in [0.1, 0.15) is 29.1 Å². The summed E-state index contributed by atoms with van der Waals surface area (Å²) in [6.07, 6.45) is 0. The van der Waals surface area contributed by atoms with Crippen LogP contribution in [-0.2, 0) is 0 Å². The fourth-order valence-corrected chi connectivity index (χ4v) is 1.97. The van der Waals surface area contributed by atoms with Gasteiger partial charge in [0.25, 0.3) is 5.91 Å². The third-order valence-corrected chi connectivity index (χ3v) is 2.95. The molecule has 1 aromatic carbocycles. The lowest BCUT2D eigenvalue weighted by Gasteiger charge is -2.17. The maximum atomic E-state index is 12.4. The third kappa shape index (κ3) is 3.95. The molecule has 0 saturated heterocycles. The number of para-hydroxylation sites is 1. The van der Waals surface area contributed by atoms with E-state index in [-0.39, 0.29) is 16.7 Å². The number of rotatable bonds is 5. The molecule has 0 fully saturated rings. The lowest BCUT2D eigenvalue weighted by molar-refractivity contribution is -0.0506. The zero-order valence-corrected chi connectivity index (χ0v) is 11.7. The highest BCUT2D eigenvalue weighted by Gasteiger charge is 2.18. The van der Waals surface area contributed by atoms with E-state index in [1.54, 1.807) is 25.1 Å². The fraction of sp³-hybridized carbons (Fsp3) is 0.214. The van der Waals surface area contributed by atoms with Gasteiger partial charge in [-0.05, 0) is 36.7 Å². The maximum Gasteiger partial charge on any atom is 0.387 e.